The smallest absolute Gasteiger partial charge is 0.252 e. The van der Waals surface area contributed by atoms with Crippen molar-refractivity contribution < 1.29 is 27.1 Å². The van der Waals surface area contributed by atoms with E-state index in [2.05, 4.69) is 15.5 Å². The molecule has 1 aliphatic rings. The van der Waals surface area contributed by atoms with Gasteiger partial charge in [0.1, 0.15) is 11.6 Å². The van der Waals surface area contributed by atoms with Gasteiger partial charge in [0.15, 0.2) is 34.6 Å². The fourth-order valence-corrected chi connectivity index (χ4v) is 3.43. The van der Waals surface area contributed by atoms with E-state index in [4.69, 9.17) is 4.74 Å². The minimum atomic E-state index is -1.40. The van der Waals surface area contributed by atoms with E-state index < -0.39 is 34.6 Å². The van der Waals surface area contributed by atoms with Crippen LogP contribution in [0.3, 0.4) is 0 Å². The van der Waals surface area contributed by atoms with Crippen LogP contribution in [0.5, 0.6) is 5.75 Å². The van der Waals surface area contributed by atoms with Crippen molar-refractivity contribution in [1.29, 1.82) is 0 Å². The molecular weight excluding hydrogens is 404 g/mol. The lowest BCUT2D eigenvalue weighted by atomic mass is 10.0. The Morgan fingerprint density at radius 3 is 2.33 bits per heavy atom. The molecule has 4 rings (SSSR count). The molecule has 2 aromatic carbocycles. The van der Waals surface area contributed by atoms with E-state index in [-0.39, 0.29) is 35.2 Å². The number of hydrogen-bond acceptors (Lipinski definition) is 4. The van der Waals surface area contributed by atoms with E-state index in [9.17, 15) is 22.4 Å². The van der Waals surface area contributed by atoms with Crippen molar-refractivity contribution in [1.82, 2.24) is 20.1 Å². The normalized spacial score (nSPS) is 13.4. The van der Waals surface area contributed by atoms with Crippen molar-refractivity contribution in [3.8, 4) is 17.1 Å². The zero-order chi connectivity index (χ0) is 21.8. The van der Waals surface area contributed by atoms with E-state index in [1.54, 1.807) is 7.05 Å². The summed E-state index contributed by atoms with van der Waals surface area (Å²) < 4.78 is 62.7. The van der Waals surface area contributed by atoms with Crippen LogP contribution in [0.1, 0.15) is 35.6 Å². The maximum atomic E-state index is 14.7. The first-order chi connectivity index (χ1) is 14.1. The molecule has 1 N–H and O–H groups in total. The Hall–Kier alpha value is -3.43. The van der Waals surface area contributed by atoms with Crippen molar-refractivity contribution in [2.75, 3.05) is 0 Å². The number of carbonyl (C=O) groups is 1. The van der Waals surface area contributed by atoms with Gasteiger partial charge in [-0.2, -0.15) is 0 Å². The lowest BCUT2D eigenvalue weighted by Crippen LogP contribution is -2.30. The van der Waals surface area contributed by atoms with E-state index >= 15 is 0 Å². The molecule has 0 bridgehead atoms. The molecule has 30 heavy (non-hydrogen) atoms. The number of hydrogen-bond donors (Lipinski definition) is 1. The molecule has 0 atom stereocenters. The minimum Gasteiger partial charge on any atom is -0.474 e. The topological polar surface area (TPSA) is 69.0 Å². The number of amides is 1. The van der Waals surface area contributed by atoms with Crippen LogP contribution in [0.4, 0.5) is 17.6 Å². The first-order valence-electron chi connectivity index (χ1n) is 8.93. The van der Waals surface area contributed by atoms with Gasteiger partial charge in [0.25, 0.3) is 5.91 Å². The zero-order valence-electron chi connectivity index (χ0n) is 16.2. The monoisotopic (exact) mass is 420 g/mol. The van der Waals surface area contributed by atoms with Gasteiger partial charge in [-0.1, -0.05) is 0 Å². The maximum absolute atomic E-state index is 14.7. The number of aromatic nitrogens is 3. The Balaban J connectivity index is 1.73. The van der Waals surface area contributed by atoms with Crippen molar-refractivity contribution in [3.05, 3.63) is 64.5 Å². The first kappa shape index (κ1) is 19.9. The van der Waals surface area contributed by atoms with Crippen molar-refractivity contribution in [2.45, 2.75) is 26.0 Å². The van der Waals surface area contributed by atoms with E-state index in [0.717, 1.165) is 6.07 Å². The lowest BCUT2D eigenvalue weighted by molar-refractivity contribution is 0.0833. The van der Waals surface area contributed by atoms with Crippen LogP contribution in [0.25, 0.3) is 11.4 Å². The van der Waals surface area contributed by atoms with Crippen molar-refractivity contribution in [3.63, 3.8) is 0 Å². The Kier molecular flexibility index (Phi) is 4.52. The Morgan fingerprint density at radius 1 is 1.00 bits per heavy atom. The highest BCUT2D eigenvalue weighted by molar-refractivity contribution is 5.98. The highest BCUT2D eigenvalue weighted by Crippen LogP contribution is 2.33. The number of carbonyl (C=O) groups excluding carboxylic acids is 1. The number of ether oxygens (including phenoxy) is 1. The second kappa shape index (κ2) is 6.82. The number of benzene rings is 2. The second-order valence-corrected chi connectivity index (χ2v) is 7.39. The molecule has 0 fully saturated rings. The van der Waals surface area contributed by atoms with E-state index in [1.165, 1.54) is 24.5 Å². The third-order valence-electron chi connectivity index (χ3n) is 4.85. The van der Waals surface area contributed by atoms with Gasteiger partial charge in [-0.05, 0) is 31.5 Å². The molecule has 3 aromatic rings. The van der Waals surface area contributed by atoms with Crippen LogP contribution in [-0.4, -0.2) is 20.7 Å². The summed E-state index contributed by atoms with van der Waals surface area (Å²) in [5, 5.41) is 10.6. The summed E-state index contributed by atoms with van der Waals surface area (Å²) in [6, 6.07) is 3.65. The summed E-state index contributed by atoms with van der Waals surface area (Å²) >= 11 is 0. The highest BCUT2D eigenvalue weighted by Gasteiger charge is 2.33. The number of halogens is 4. The fourth-order valence-electron chi connectivity index (χ4n) is 3.43. The summed E-state index contributed by atoms with van der Waals surface area (Å²) in [6.07, 6.45) is 0. The predicted octanol–water partition coefficient (Wildman–Crippen LogP) is 3.60. The van der Waals surface area contributed by atoms with E-state index in [1.807, 2.05) is 0 Å². The summed E-state index contributed by atoms with van der Waals surface area (Å²) in [7, 11) is 1.54. The van der Waals surface area contributed by atoms with Gasteiger partial charge in [0.2, 0.25) is 0 Å². The summed E-state index contributed by atoms with van der Waals surface area (Å²) in [5.74, 6) is -4.98. The van der Waals surface area contributed by atoms with Gasteiger partial charge in [-0.3, -0.25) is 4.79 Å². The molecule has 0 radical (unpaired) electrons. The summed E-state index contributed by atoms with van der Waals surface area (Å²) in [5.41, 5.74) is -0.414. The summed E-state index contributed by atoms with van der Waals surface area (Å²) in [6.45, 7) is 3.25. The zero-order valence-corrected chi connectivity index (χ0v) is 16.2. The third kappa shape index (κ3) is 3.17. The molecule has 0 saturated heterocycles. The molecule has 0 unspecified atom stereocenters. The number of nitrogens with one attached hydrogen (secondary N) is 1. The lowest BCUT2D eigenvalue weighted by Gasteiger charge is -2.26. The summed E-state index contributed by atoms with van der Waals surface area (Å²) in [4.78, 5) is 11.7. The van der Waals surface area contributed by atoms with Gasteiger partial charge in [-0.15, -0.1) is 10.2 Å². The molecule has 2 heterocycles. The van der Waals surface area contributed by atoms with Crippen LogP contribution in [0.15, 0.2) is 24.3 Å². The van der Waals surface area contributed by atoms with Crippen LogP contribution >= 0.6 is 0 Å². The van der Waals surface area contributed by atoms with Crippen LogP contribution < -0.4 is 10.1 Å². The number of nitrogens with zero attached hydrogens (tertiary/aromatic N) is 3. The SMILES string of the molecule is Cn1c(-c2cc3c(cc2F)C(=O)NC3)nnc1C(C)(C)Oc1c(F)cc(F)cc1F. The van der Waals surface area contributed by atoms with Gasteiger partial charge < -0.3 is 14.6 Å². The quantitative estimate of drug-likeness (QED) is 0.655. The molecule has 1 amide bonds. The third-order valence-corrected chi connectivity index (χ3v) is 4.85. The first-order valence-corrected chi connectivity index (χ1v) is 8.93. The maximum Gasteiger partial charge on any atom is 0.252 e. The van der Waals surface area contributed by atoms with Crippen LogP contribution in [0, 0.1) is 23.3 Å². The molecule has 6 nitrogen and oxygen atoms in total. The van der Waals surface area contributed by atoms with Gasteiger partial charge in [0, 0.05) is 31.3 Å². The Bertz CT molecular complexity index is 1170. The van der Waals surface area contributed by atoms with Gasteiger partial charge in [-0.25, -0.2) is 17.6 Å². The molecule has 1 aromatic heterocycles. The Labute approximate surface area is 168 Å². The number of rotatable bonds is 4. The van der Waals surface area contributed by atoms with Crippen LogP contribution in [-0.2, 0) is 19.2 Å². The standard InChI is InChI=1S/C20H16F4N4O2/c1-20(2,30-16-14(23)5-10(21)6-15(16)24)19-27-26-17(28(19)3)12-4-9-8-25-18(29)11(9)7-13(12)22/h4-7H,8H2,1-3H3,(H,25,29). The molecule has 156 valence electrons. The predicted molar refractivity (Wildman–Crippen MR) is 97.5 cm³/mol. The highest BCUT2D eigenvalue weighted by atomic mass is 19.1. The van der Waals surface area contributed by atoms with Crippen molar-refractivity contribution >= 4 is 5.91 Å². The minimum absolute atomic E-state index is 0.112. The largest absolute Gasteiger partial charge is 0.474 e. The molecule has 1 aliphatic heterocycles. The number of fused-ring (bicyclic) bond motifs is 1. The van der Waals surface area contributed by atoms with Crippen molar-refractivity contribution in [2.24, 2.45) is 7.05 Å². The molecule has 10 heteroatoms. The van der Waals surface area contributed by atoms with E-state index in [0.29, 0.717) is 17.7 Å². The van der Waals surface area contributed by atoms with Gasteiger partial charge >= 0.3 is 0 Å². The fraction of sp³-hybridized carbons (Fsp3) is 0.250. The molecule has 0 spiro atoms. The average Bonchev–Trinajstić information content (AvgIpc) is 3.21. The van der Waals surface area contributed by atoms with Crippen LogP contribution in [0.2, 0.25) is 0 Å². The molecule has 0 aliphatic carbocycles. The average molecular weight is 420 g/mol. The van der Waals surface area contributed by atoms with Gasteiger partial charge in [0.05, 0.1) is 5.56 Å². The molecular formula is C20H16F4N4O2. The second-order valence-electron chi connectivity index (χ2n) is 7.39. The molecule has 0 saturated carbocycles. The Morgan fingerprint density at radius 2 is 1.67 bits per heavy atom.